The van der Waals surface area contributed by atoms with Gasteiger partial charge in [0.2, 0.25) is 0 Å². The molecule has 0 spiro atoms. The van der Waals surface area contributed by atoms with Crippen molar-refractivity contribution in [1.29, 1.82) is 0 Å². The SMILES string of the molecule is Cc1cnc2c(c1NCC(F)F)c(=O)n(C)c(=O)n2C. The van der Waals surface area contributed by atoms with Crippen LogP contribution in [0.2, 0.25) is 0 Å². The van der Waals surface area contributed by atoms with Gasteiger partial charge in [-0.15, -0.1) is 0 Å². The predicted octanol–water partition coefficient (Wildman–Crippen LogP) is 0.618. The number of pyridine rings is 1. The Balaban J connectivity index is 2.83. The van der Waals surface area contributed by atoms with E-state index in [9.17, 15) is 18.4 Å². The summed E-state index contributed by atoms with van der Waals surface area (Å²) in [6, 6.07) is 0. The summed E-state index contributed by atoms with van der Waals surface area (Å²) in [5.74, 6) is 0. The molecule has 1 N–H and O–H groups in total. The number of nitrogens with one attached hydrogen (secondary N) is 1. The topological polar surface area (TPSA) is 68.9 Å². The Bertz CT molecular complexity index is 780. The maximum Gasteiger partial charge on any atom is 0.332 e. The summed E-state index contributed by atoms with van der Waals surface area (Å²) in [6.45, 7) is 1.08. The number of hydrogen-bond acceptors (Lipinski definition) is 4. The molecule has 0 unspecified atom stereocenters. The fourth-order valence-electron chi connectivity index (χ4n) is 2.03. The van der Waals surface area contributed by atoms with E-state index in [1.54, 1.807) is 6.92 Å². The third-order valence-electron chi connectivity index (χ3n) is 3.09. The van der Waals surface area contributed by atoms with Gasteiger partial charge < -0.3 is 5.32 Å². The fraction of sp³-hybridized carbons (Fsp3) is 0.417. The van der Waals surface area contributed by atoms with Gasteiger partial charge in [-0.05, 0) is 12.5 Å². The molecule has 8 heteroatoms. The molecule has 6 nitrogen and oxygen atoms in total. The van der Waals surface area contributed by atoms with E-state index in [0.717, 1.165) is 4.57 Å². The molecule has 0 saturated carbocycles. The predicted molar refractivity (Wildman–Crippen MR) is 71.5 cm³/mol. The van der Waals surface area contributed by atoms with Crippen molar-refractivity contribution < 1.29 is 8.78 Å². The zero-order valence-corrected chi connectivity index (χ0v) is 11.3. The van der Waals surface area contributed by atoms with Crippen LogP contribution in [0.15, 0.2) is 15.8 Å². The Morgan fingerprint density at radius 3 is 2.55 bits per heavy atom. The molecule has 0 bridgehead atoms. The maximum atomic E-state index is 12.4. The Labute approximate surface area is 112 Å². The zero-order valence-electron chi connectivity index (χ0n) is 11.3. The molecular formula is C12H14F2N4O2. The van der Waals surface area contributed by atoms with Gasteiger partial charge in [-0.1, -0.05) is 0 Å². The van der Waals surface area contributed by atoms with E-state index >= 15 is 0 Å². The van der Waals surface area contributed by atoms with Crippen molar-refractivity contribution in [3.05, 3.63) is 32.6 Å². The molecule has 108 valence electrons. The van der Waals surface area contributed by atoms with E-state index in [1.807, 2.05) is 0 Å². The summed E-state index contributed by atoms with van der Waals surface area (Å²) >= 11 is 0. The normalized spacial score (nSPS) is 11.3. The van der Waals surface area contributed by atoms with Gasteiger partial charge >= 0.3 is 5.69 Å². The van der Waals surface area contributed by atoms with Gasteiger partial charge in [0.25, 0.3) is 12.0 Å². The van der Waals surface area contributed by atoms with Crippen molar-refractivity contribution >= 4 is 16.7 Å². The quantitative estimate of drug-likeness (QED) is 0.897. The highest BCUT2D eigenvalue weighted by Gasteiger charge is 2.16. The summed E-state index contributed by atoms with van der Waals surface area (Å²) in [5, 5.41) is 2.69. The molecule has 2 rings (SSSR count). The molecule has 0 aromatic carbocycles. The molecule has 0 aliphatic heterocycles. The molecule has 20 heavy (non-hydrogen) atoms. The summed E-state index contributed by atoms with van der Waals surface area (Å²) in [6.07, 6.45) is -1.11. The lowest BCUT2D eigenvalue weighted by atomic mass is 10.2. The lowest BCUT2D eigenvalue weighted by Crippen LogP contribution is -2.37. The van der Waals surface area contributed by atoms with E-state index in [-0.39, 0.29) is 16.7 Å². The van der Waals surface area contributed by atoms with Crippen LogP contribution in [-0.2, 0) is 14.1 Å². The van der Waals surface area contributed by atoms with Gasteiger partial charge in [-0.3, -0.25) is 13.9 Å². The largest absolute Gasteiger partial charge is 0.378 e. The first-order valence-electron chi connectivity index (χ1n) is 5.92. The number of rotatable bonds is 3. The van der Waals surface area contributed by atoms with Crippen molar-refractivity contribution in [2.45, 2.75) is 13.3 Å². The number of halogens is 2. The number of aryl methyl sites for hydroxylation is 2. The van der Waals surface area contributed by atoms with E-state index in [0.29, 0.717) is 5.56 Å². The van der Waals surface area contributed by atoms with Gasteiger partial charge in [0.1, 0.15) is 5.39 Å². The van der Waals surface area contributed by atoms with Crippen LogP contribution in [0.5, 0.6) is 0 Å². The molecule has 0 atom stereocenters. The highest BCUT2D eigenvalue weighted by molar-refractivity contribution is 5.89. The van der Waals surface area contributed by atoms with Gasteiger partial charge in [0, 0.05) is 20.3 Å². The first-order chi connectivity index (χ1) is 9.34. The Morgan fingerprint density at radius 1 is 1.30 bits per heavy atom. The van der Waals surface area contributed by atoms with Crippen molar-refractivity contribution in [3.8, 4) is 0 Å². The first kappa shape index (κ1) is 14.2. The number of aromatic nitrogens is 3. The van der Waals surface area contributed by atoms with Gasteiger partial charge in [0.15, 0.2) is 5.65 Å². The Hall–Kier alpha value is -2.25. The van der Waals surface area contributed by atoms with Crippen molar-refractivity contribution in [2.75, 3.05) is 11.9 Å². The molecule has 0 fully saturated rings. The monoisotopic (exact) mass is 284 g/mol. The smallest absolute Gasteiger partial charge is 0.332 e. The second-order valence-corrected chi connectivity index (χ2v) is 4.49. The molecule has 2 aromatic heterocycles. The third-order valence-corrected chi connectivity index (χ3v) is 3.09. The molecule has 2 aromatic rings. The molecule has 0 aliphatic carbocycles. The lowest BCUT2D eigenvalue weighted by molar-refractivity contribution is 0.163. The van der Waals surface area contributed by atoms with Crippen LogP contribution in [0.3, 0.4) is 0 Å². The minimum atomic E-state index is -2.55. The Kier molecular flexibility index (Phi) is 3.56. The highest BCUT2D eigenvalue weighted by Crippen LogP contribution is 2.21. The van der Waals surface area contributed by atoms with Crippen LogP contribution in [0.4, 0.5) is 14.5 Å². The average molecular weight is 284 g/mol. The molecule has 0 radical (unpaired) electrons. The van der Waals surface area contributed by atoms with Crippen molar-refractivity contribution in [2.24, 2.45) is 14.1 Å². The first-order valence-corrected chi connectivity index (χ1v) is 5.92. The number of nitrogens with zero attached hydrogens (tertiary/aromatic N) is 3. The van der Waals surface area contributed by atoms with Crippen LogP contribution in [0, 0.1) is 6.92 Å². The van der Waals surface area contributed by atoms with Crippen LogP contribution in [0.25, 0.3) is 11.0 Å². The van der Waals surface area contributed by atoms with E-state index in [4.69, 9.17) is 0 Å². The van der Waals surface area contributed by atoms with Crippen LogP contribution >= 0.6 is 0 Å². The van der Waals surface area contributed by atoms with Crippen LogP contribution in [0.1, 0.15) is 5.56 Å². The minimum Gasteiger partial charge on any atom is -0.378 e. The van der Waals surface area contributed by atoms with E-state index in [2.05, 4.69) is 10.3 Å². The second kappa shape index (κ2) is 5.03. The summed E-state index contributed by atoms with van der Waals surface area (Å²) < 4.78 is 26.9. The lowest BCUT2D eigenvalue weighted by Gasteiger charge is -2.14. The number of hydrogen-bond donors (Lipinski definition) is 1. The van der Waals surface area contributed by atoms with E-state index in [1.165, 1.54) is 24.9 Å². The zero-order chi connectivity index (χ0) is 15.0. The summed E-state index contributed by atoms with van der Waals surface area (Å²) in [5.41, 5.74) is -0.0596. The van der Waals surface area contributed by atoms with Gasteiger partial charge in [-0.25, -0.2) is 18.6 Å². The van der Waals surface area contributed by atoms with Gasteiger partial charge in [-0.2, -0.15) is 0 Å². The number of fused-ring (bicyclic) bond motifs is 1. The Morgan fingerprint density at radius 2 is 1.95 bits per heavy atom. The summed E-state index contributed by atoms with van der Waals surface area (Å²) in [7, 11) is 2.81. The minimum absolute atomic E-state index is 0.134. The van der Waals surface area contributed by atoms with Crippen LogP contribution < -0.4 is 16.6 Å². The maximum absolute atomic E-state index is 12.4. The van der Waals surface area contributed by atoms with E-state index < -0.39 is 24.2 Å². The number of alkyl halides is 2. The number of anilines is 1. The van der Waals surface area contributed by atoms with Crippen molar-refractivity contribution in [3.63, 3.8) is 0 Å². The van der Waals surface area contributed by atoms with Gasteiger partial charge in [0.05, 0.1) is 12.2 Å². The van der Waals surface area contributed by atoms with Crippen LogP contribution in [-0.4, -0.2) is 27.1 Å². The average Bonchev–Trinajstić information content (AvgIpc) is 2.40. The third kappa shape index (κ3) is 2.17. The van der Waals surface area contributed by atoms with Crippen molar-refractivity contribution in [1.82, 2.24) is 14.1 Å². The molecule has 0 aliphatic rings. The highest BCUT2D eigenvalue weighted by atomic mass is 19.3. The molecule has 2 heterocycles. The fourth-order valence-corrected chi connectivity index (χ4v) is 2.03. The molecule has 0 saturated heterocycles. The standard InChI is InChI=1S/C12H14F2N4O2/c1-6-4-16-10-8(9(6)15-5-7(13)14)11(19)18(3)12(20)17(10)2/h4,7H,5H2,1-3H3,(H,15,16). The molecular weight excluding hydrogens is 270 g/mol. The second-order valence-electron chi connectivity index (χ2n) is 4.49. The summed E-state index contributed by atoms with van der Waals surface area (Å²) in [4.78, 5) is 28.1. The molecule has 0 amide bonds.